The minimum Gasteiger partial charge on any atom is -0.309 e. The molecular weight excluding hydrogens is 306 g/mol. The Balaban J connectivity index is 2.82. The van der Waals surface area contributed by atoms with Crippen molar-refractivity contribution in [1.82, 2.24) is 5.32 Å². The number of nitrogens with one attached hydrogen (secondary N) is 1. The van der Waals surface area contributed by atoms with Gasteiger partial charge in [0.05, 0.1) is 8.81 Å². The zero-order valence-electron chi connectivity index (χ0n) is 10.0. The number of thiophene rings is 1. The first-order chi connectivity index (χ1) is 7.60. The van der Waals surface area contributed by atoms with Crippen molar-refractivity contribution < 1.29 is 0 Å². The first-order valence-corrected chi connectivity index (χ1v) is 7.77. The van der Waals surface area contributed by atoms with E-state index in [1.54, 1.807) is 11.3 Å². The van der Waals surface area contributed by atoms with Gasteiger partial charge in [-0.25, -0.2) is 0 Å². The molecular formula is C12H19BrClNS. The van der Waals surface area contributed by atoms with Crippen LogP contribution in [-0.2, 0) is 0 Å². The molecule has 1 aromatic heterocycles. The topological polar surface area (TPSA) is 12.0 Å². The molecule has 0 saturated carbocycles. The summed E-state index contributed by atoms with van der Waals surface area (Å²) in [6, 6.07) is 2.51. The van der Waals surface area contributed by atoms with Crippen LogP contribution in [-0.4, -0.2) is 6.54 Å². The summed E-state index contributed by atoms with van der Waals surface area (Å²) in [7, 11) is 0. The van der Waals surface area contributed by atoms with Gasteiger partial charge in [0.25, 0.3) is 0 Å². The Labute approximate surface area is 116 Å². The molecule has 1 nitrogen and oxygen atoms in total. The van der Waals surface area contributed by atoms with Crippen molar-refractivity contribution in [3.05, 3.63) is 19.8 Å². The fourth-order valence-corrected chi connectivity index (χ4v) is 3.59. The van der Waals surface area contributed by atoms with Gasteiger partial charge in [0.2, 0.25) is 0 Å². The molecule has 0 aliphatic heterocycles. The van der Waals surface area contributed by atoms with Crippen molar-refractivity contribution >= 4 is 38.9 Å². The Kier molecular flexibility index (Phi) is 6.34. The zero-order chi connectivity index (χ0) is 12.1. The minimum atomic E-state index is 0.429. The number of hydrogen-bond acceptors (Lipinski definition) is 2. The summed E-state index contributed by atoms with van der Waals surface area (Å²) in [4.78, 5) is 1.33. The fraction of sp³-hybridized carbons (Fsp3) is 0.667. The van der Waals surface area contributed by atoms with Crippen LogP contribution in [0.3, 0.4) is 0 Å². The molecule has 0 radical (unpaired) electrons. The Bertz CT molecular complexity index is 307. The van der Waals surface area contributed by atoms with Gasteiger partial charge in [0.1, 0.15) is 0 Å². The van der Waals surface area contributed by atoms with E-state index in [1.165, 1.54) is 11.3 Å². The summed E-state index contributed by atoms with van der Waals surface area (Å²) >= 11 is 11.3. The SMILES string of the molecule is CCCNC(c1cc(Cl)c(Br)s1)C(C)CC. The first-order valence-electron chi connectivity index (χ1n) is 5.78. The molecule has 1 aromatic rings. The average Bonchev–Trinajstić information content (AvgIpc) is 2.59. The molecule has 0 amide bonds. The van der Waals surface area contributed by atoms with Crippen LogP contribution in [0.15, 0.2) is 9.85 Å². The fourth-order valence-electron chi connectivity index (χ4n) is 1.63. The summed E-state index contributed by atoms with van der Waals surface area (Å²) in [6.07, 6.45) is 2.34. The van der Waals surface area contributed by atoms with Gasteiger partial charge in [0.15, 0.2) is 0 Å². The maximum atomic E-state index is 6.09. The van der Waals surface area contributed by atoms with E-state index in [9.17, 15) is 0 Å². The molecule has 0 aromatic carbocycles. The molecule has 0 spiro atoms. The van der Waals surface area contributed by atoms with Crippen molar-refractivity contribution in [3.63, 3.8) is 0 Å². The lowest BCUT2D eigenvalue weighted by Gasteiger charge is -2.23. The highest BCUT2D eigenvalue weighted by atomic mass is 79.9. The third kappa shape index (κ3) is 3.73. The van der Waals surface area contributed by atoms with E-state index in [4.69, 9.17) is 11.6 Å². The normalized spacial score (nSPS) is 15.1. The monoisotopic (exact) mass is 323 g/mol. The van der Waals surface area contributed by atoms with Crippen LogP contribution in [0.1, 0.15) is 44.5 Å². The summed E-state index contributed by atoms with van der Waals surface area (Å²) in [6.45, 7) is 7.77. The third-order valence-electron chi connectivity index (χ3n) is 2.80. The second-order valence-corrected chi connectivity index (χ2v) is 6.90. The lowest BCUT2D eigenvalue weighted by atomic mass is 9.98. The molecule has 0 aliphatic carbocycles. The molecule has 0 aliphatic rings. The highest BCUT2D eigenvalue weighted by molar-refractivity contribution is 9.11. The molecule has 2 unspecified atom stereocenters. The summed E-state index contributed by atoms with van der Waals surface area (Å²) in [5, 5.41) is 4.43. The van der Waals surface area contributed by atoms with E-state index >= 15 is 0 Å². The standard InChI is InChI=1S/C12H19BrClNS/c1-4-6-15-11(8(3)5-2)10-7-9(14)12(13)16-10/h7-8,11,15H,4-6H2,1-3H3. The predicted octanol–water partition coefficient (Wildman–Crippen LogP) is 5.25. The molecule has 4 heteroatoms. The Morgan fingerprint density at radius 1 is 1.50 bits per heavy atom. The molecule has 0 saturated heterocycles. The van der Waals surface area contributed by atoms with Crippen molar-refractivity contribution in [1.29, 1.82) is 0 Å². The smallest absolute Gasteiger partial charge is 0.0887 e. The van der Waals surface area contributed by atoms with Crippen LogP contribution in [0.5, 0.6) is 0 Å². The summed E-state index contributed by atoms with van der Waals surface area (Å²) in [5.74, 6) is 0.633. The van der Waals surface area contributed by atoms with Crippen LogP contribution in [0.4, 0.5) is 0 Å². The van der Waals surface area contributed by atoms with E-state index in [1.807, 2.05) is 0 Å². The minimum absolute atomic E-state index is 0.429. The van der Waals surface area contributed by atoms with E-state index in [-0.39, 0.29) is 0 Å². The lowest BCUT2D eigenvalue weighted by molar-refractivity contribution is 0.382. The maximum absolute atomic E-state index is 6.09. The van der Waals surface area contributed by atoms with E-state index in [0.29, 0.717) is 12.0 Å². The van der Waals surface area contributed by atoms with Gasteiger partial charge >= 0.3 is 0 Å². The molecule has 1 N–H and O–H groups in total. The largest absolute Gasteiger partial charge is 0.309 e. The highest BCUT2D eigenvalue weighted by Gasteiger charge is 2.20. The molecule has 1 rings (SSSR count). The Morgan fingerprint density at radius 3 is 2.62 bits per heavy atom. The van der Waals surface area contributed by atoms with Crippen molar-refractivity contribution in [2.45, 2.75) is 39.7 Å². The second kappa shape index (κ2) is 7.00. The second-order valence-electron chi connectivity index (χ2n) is 4.09. The quantitative estimate of drug-likeness (QED) is 0.753. The van der Waals surface area contributed by atoms with Gasteiger partial charge in [-0.3, -0.25) is 0 Å². The molecule has 0 fully saturated rings. The van der Waals surface area contributed by atoms with Crippen molar-refractivity contribution in [2.24, 2.45) is 5.92 Å². The van der Waals surface area contributed by atoms with Crippen LogP contribution >= 0.6 is 38.9 Å². The summed E-state index contributed by atoms with van der Waals surface area (Å²) in [5.41, 5.74) is 0. The number of halogens is 2. The van der Waals surface area contributed by atoms with E-state index < -0.39 is 0 Å². The van der Waals surface area contributed by atoms with Crippen LogP contribution < -0.4 is 5.32 Å². The maximum Gasteiger partial charge on any atom is 0.0887 e. The molecule has 0 bridgehead atoms. The van der Waals surface area contributed by atoms with E-state index in [2.05, 4.69) is 48.1 Å². The Morgan fingerprint density at radius 2 is 2.19 bits per heavy atom. The predicted molar refractivity (Wildman–Crippen MR) is 77.5 cm³/mol. The van der Waals surface area contributed by atoms with Gasteiger partial charge in [-0.15, -0.1) is 11.3 Å². The van der Waals surface area contributed by atoms with Gasteiger partial charge < -0.3 is 5.32 Å². The van der Waals surface area contributed by atoms with Crippen molar-refractivity contribution in [3.8, 4) is 0 Å². The van der Waals surface area contributed by atoms with Crippen LogP contribution in [0.25, 0.3) is 0 Å². The van der Waals surface area contributed by atoms with Gasteiger partial charge in [-0.1, -0.05) is 38.8 Å². The molecule has 1 heterocycles. The highest BCUT2D eigenvalue weighted by Crippen LogP contribution is 2.38. The van der Waals surface area contributed by atoms with Gasteiger partial charge in [-0.2, -0.15) is 0 Å². The van der Waals surface area contributed by atoms with Crippen molar-refractivity contribution in [2.75, 3.05) is 6.54 Å². The lowest BCUT2D eigenvalue weighted by Crippen LogP contribution is -2.26. The molecule has 92 valence electrons. The first kappa shape index (κ1) is 14.5. The molecule has 16 heavy (non-hydrogen) atoms. The number of hydrogen-bond donors (Lipinski definition) is 1. The van der Waals surface area contributed by atoms with Crippen LogP contribution in [0.2, 0.25) is 5.02 Å². The van der Waals surface area contributed by atoms with Gasteiger partial charge in [0, 0.05) is 10.9 Å². The average molecular weight is 325 g/mol. The zero-order valence-corrected chi connectivity index (χ0v) is 13.2. The molecule has 2 atom stereocenters. The van der Waals surface area contributed by atoms with Gasteiger partial charge in [-0.05, 0) is 40.9 Å². The Hall–Kier alpha value is 0.430. The van der Waals surface area contributed by atoms with Crippen LogP contribution in [0, 0.1) is 5.92 Å². The summed E-state index contributed by atoms with van der Waals surface area (Å²) < 4.78 is 1.04. The van der Waals surface area contributed by atoms with E-state index in [0.717, 1.165) is 21.8 Å². The number of rotatable bonds is 6. The third-order valence-corrected chi connectivity index (χ3v) is 5.36.